The van der Waals surface area contributed by atoms with Crippen LogP contribution in [0, 0.1) is 16.7 Å². The van der Waals surface area contributed by atoms with Crippen LogP contribution in [0.25, 0.3) is 10.1 Å². The van der Waals surface area contributed by atoms with E-state index in [0.29, 0.717) is 0 Å². The van der Waals surface area contributed by atoms with Crippen molar-refractivity contribution in [3.63, 3.8) is 0 Å². The van der Waals surface area contributed by atoms with Gasteiger partial charge in [0.05, 0.1) is 11.5 Å². The zero-order valence-electron chi connectivity index (χ0n) is 10.9. The topological polar surface area (TPSA) is 35.8 Å². The molecule has 0 aliphatic heterocycles. The maximum absolute atomic E-state index is 8.94. The fraction of sp³-hybridized carbons (Fsp3) is 0.400. The van der Waals surface area contributed by atoms with Crippen molar-refractivity contribution in [2.45, 2.75) is 26.7 Å². The first kappa shape index (κ1) is 12.9. The first-order chi connectivity index (χ1) is 8.61. The second-order valence-electron chi connectivity index (χ2n) is 5.20. The summed E-state index contributed by atoms with van der Waals surface area (Å²) >= 11 is 1.77. The summed E-state index contributed by atoms with van der Waals surface area (Å²) in [6.45, 7) is 4.90. The lowest BCUT2D eigenvalue weighted by Crippen LogP contribution is -2.11. The van der Waals surface area contributed by atoms with E-state index in [0.717, 1.165) is 25.1 Å². The molecule has 2 aromatic rings. The van der Waals surface area contributed by atoms with Gasteiger partial charge in [0, 0.05) is 16.9 Å². The van der Waals surface area contributed by atoms with Crippen LogP contribution in [0.2, 0.25) is 0 Å². The molecule has 3 heteroatoms. The van der Waals surface area contributed by atoms with Crippen LogP contribution in [0.1, 0.15) is 26.7 Å². The van der Waals surface area contributed by atoms with Crippen LogP contribution >= 0.6 is 11.3 Å². The summed E-state index contributed by atoms with van der Waals surface area (Å²) in [5, 5.41) is 15.8. The van der Waals surface area contributed by atoms with Crippen LogP contribution in [-0.2, 0) is 0 Å². The van der Waals surface area contributed by atoms with Crippen molar-refractivity contribution in [3.8, 4) is 6.07 Å². The zero-order chi connectivity index (χ0) is 13.0. The molecule has 0 amide bonds. The van der Waals surface area contributed by atoms with Crippen LogP contribution in [-0.4, -0.2) is 6.54 Å². The zero-order valence-corrected chi connectivity index (χ0v) is 11.7. The van der Waals surface area contributed by atoms with Gasteiger partial charge in [-0.1, -0.05) is 0 Å². The maximum Gasteiger partial charge on any atom is 0.0683 e. The summed E-state index contributed by atoms with van der Waals surface area (Å²) in [4.78, 5) is 0. The Morgan fingerprint density at radius 3 is 2.94 bits per heavy atom. The lowest BCUT2D eigenvalue weighted by atomic mass is 9.90. The van der Waals surface area contributed by atoms with E-state index in [1.54, 1.807) is 11.3 Å². The van der Waals surface area contributed by atoms with E-state index in [1.807, 2.05) is 13.8 Å². The van der Waals surface area contributed by atoms with E-state index in [2.05, 4.69) is 41.0 Å². The van der Waals surface area contributed by atoms with Gasteiger partial charge in [-0.15, -0.1) is 11.3 Å². The standard InChI is InChI=1S/C15H18N2S/c1-15(2,11-16)7-3-8-17-13-4-5-14-12(10-13)6-9-18-14/h4-6,9-10,17H,3,7-8H2,1-2H3. The molecule has 1 aromatic heterocycles. The smallest absolute Gasteiger partial charge is 0.0683 e. The Kier molecular flexibility index (Phi) is 3.88. The van der Waals surface area contributed by atoms with Crippen LogP contribution in [0.4, 0.5) is 5.69 Å². The van der Waals surface area contributed by atoms with Crippen molar-refractivity contribution >= 4 is 27.1 Å². The molecule has 0 spiro atoms. The summed E-state index contributed by atoms with van der Waals surface area (Å²) < 4.78 is 1.33. The molecule has 2 nitrogen and oxygen atoms in total. The molecule has 94 valence electrons. The van der Waals surface area contributed by atoms with Gasteiger partial charge in [-0.3, -0.25) is 0 Å². The SMILES string of the molecule is CC(C)(C#N)CCCNc1ccc2sccc2c1. The van der Waals surface area contributed by atoms with Gasteiger partial charge in [-0.2, -0.15) is 5.26 Å². The highest BCUT2D eigenvalue weighted by Gasteiger charge is 2.15. The summed E-state index contributed by atoms with van der Waals surface area (Å²) in [6.07, 6.45) is 1.94. The Morgan fingerprint density at radius 1 is 1.33 bits per heavy atom. The van der Waals surface area contributed by atoms with Crippen molar-refractivity contribution in [2.24, 2.45) is 5.41 Å². The highest BCUT2D eigenvalue weighted by Crippen LogP contribution is 2.24. The normalized spacial score (nSPS) is 11.4. The van der Waals surface area contributed by atoms with Crippen molar-refractivity contribution in [1.82, 2.24) is 0 Å². The Balaban J connectivity index is 1.85. The minimum atomic E-state index is -0.209. The second kappa shape index (κ2) is 5.41. The van der Waals surface area contributed by atoms with Gasteiger partial charge in [-0.05, 0) is 61.7 Å². The molecule has 0 saturated heterocycles. The number of rotatable bonds is 5. The summed E-state index contributed by atoms with van der Waals surface area (Å²) in [5.74, 6) is 0. The van der Waals surface area contributed by atoms with Crippen LogP contribution in [0.5, 0.6) is 0 Å². The van der Waals surface area contributed by atoms with E-state index in [4.69, 9.17) is 5.26 Å². The molecule has 1 heterocycles. The molecule has 18 heavy (non-hydrogen) atoms. The number of fused-ring (bicyclic) bond motifs is 1. The van der Waals surface area contributed by atoms with Crippen molar-refractivity contribution < 1.29 is 0 Å². The Bertz CT molecular complexity index is 563. The Morgan fingerprint density at radius 2 is 2.17 bits per heavy atom. The Labute approximate surface area is 112 Å². The summed E-state index contributed by atoms with van der Waals surface area (Å²) in [5.41, 5.74) is 0.953. The lowest BCUT2D eigenvalue weighted by molar-refractivity contribution is 0.441. The van der Waals surface area contributed by atoms with Crippen molar-refractivity contribution in [3.05, 3.63) is 29.6 Å². The molecule has 0 fully saturated rings. The van der Waals surface area contributed by atoms with Gasteiger partial charge < -0.3 is 5.32 Å². The van der Waals surface area contributed by atoms with E-state index < -0.39 is 0 Å². The first-order valence-corrected chi connectivity index (χ1v) is 7.11. The van der Waals surface area contributed by atoms with Crippen LogP contribution < -0.4 is 5.32 Å². The third kappa shape index (κ3) is 3.24. The summed E-state index contributed by atoms with van der Waals surface area (Å²) in [7, 11) is 0. The van der Waals surface area contributed by atoms with Gasteiger partial charge in [0.2, 0.25) is 0 Å². The van der Waals surface area contributed by atoms with Crippen LogP contribution in [0.3, 0.4) is 0 Å². The minimum absolute atomic E-state index is 0.209. The van der Waals surface area contributed by atoms with Crippen LogP contribution in [0.15, 0.2) is 29.6 Å². The monoisotopic (exact) mass is 258 g/mol. The number of nitriles is 1. The van der Waals surface area contributed by atoms with Crippen molar-refractivity contribution in [2.75, 3.05) is 11.9 Å². The average Bonchev–Trinajstić information content (AvgIpc) is 2.82. The first-order valence-electron chi connectivity index (χ1n) is 6.23. The highest BCUT2D eigenvalue weighted by atomic mass is 32.1. The third-order valence-corrected chi connectivity index (χ3v) is 3.96. The average molecular weight is 258 g/mol. The molecule has 0 saturated carbocycles. The number of nitrogens with one attached hydrogen (secondary N) is 1. The number of hydrogen-bond acceptors (Lipinski definition) is 3. The molecule has 0 aliphatic rings. The number of anilines is 1. The Hall–Kier alpha value is -1.53. The maximum atomic E-state index is 8.94. The lowest BCUT2D eigenvalue weighted by Gasteiger charge is -2.15. The van der Waals surface area contributed by atoms with Gasteiger partial charge in [-0.25, -0.2) is 0 Å². The number of nitrogens with zero attached hydrogens (tertiary/aromatic N) is 1. The van der Waals surface area contributed by atoms with Gasteiger partial charge in [0.25, 0.3) is 0 Å². The van der Waals surface area contributed by atoms with E-state index in [9.17, 15) is 0 Å². The molecule has 0 aliphatic carbocycles. The van der Waals surface area contributed by atoms with Gasteiger partial charge >= 0.3 is 0 Å². The molecule has 0 unspecified atom stereocenters. The predicted molar refractivity (Wildman–Crippen MR) is 78.9 cm³/mol. The number of hydrogen-bond donors (Lipinski definition) is 1. The summed E-state index contributed by atoms with van der Waals surface area (Å²) in [6, 6.07) is 10.9. The predicted octanol–water partition coefficient (Wildman–Crippen LogP) is 4.64. The number of thiophene rings is 1. The van der Waals surface area contributed by atoms with Crippen molar-refractivity contribution in [1.29, 1.82) is 5.26 Å². The fourth-order valence-electron chi connectivity index (χ4n) is 1.90. The fourth-order valence-corrected chi connectivity index (χ4v) is 2.67. The highest BCUT2D eigenvalue weighted by molar-refractivity contribution is 7.17. The van der Waals surface area contributed by atoms with Gasteiger partial charge in [0.1, 0.15) is 0 Å². The third-order valence-electron chi connectivity index (χ3n) is 3.06. The quantitative estimate of drug-likeness (QED) is 0.793. The van der Waals surface area contributed by atoms with Gasteiger partial charge in [0.15, 0.2) is 0 Å². The van der Waals surface area contributed by atoms with E-state index >= 15 is 0 Å². The molecule has 0 bridgehead atoms. The molecule has 1 aromatic carbocycles. The molecular weight excluding hydrogens is 240 g/mol. The second-order valence-corrected chi connectivity index (χ2v) is 6.15. The largest absolute Gasteiger partial charge is 0.385 e. The molecular formula is C15H18N2S. The van der Waals surface area contributed by atoms with E-state index in [1.165, 1.54) is 10.1 Å². The molecule has 1 N–H and O–H groups in total. The number of benzene rings is 1. The van der Waals surface area contributed by atoms with E-state index in [-0.39, 0.29) is 5.41 Å². The molecule has 0 atom stereocenters. The molecule has 2 rings (SSSR count). The minimum Gasteiger partial charge on any atom is -0.385 e. The molecule has 0 radical (unpaired) electrons.